The average Bonchev–Trinajstić information content (AvgIpc) is 3.12. The van der Waals surface area contributed by atoms with Crippen molar-refractivity contribution in [1.82, 2.24) is 5.32 Å². The van der Waals surface area contributed by atoms with Gasteiger partial charge in [0.2, 0.25) is 0 Å². The number of hydrogen-bond acceptors (Lipinski definition) is 2. The second kappa shape index (κ2) is 5.50. The zero-order valence-corrected chi connectivity index (χ0v) is 10.6. The minimum atomic E-state index is -0.138. The first-order valence-electron chi connectivity index (χ1n) is 6.41. The number of nitrogens with zero attached hydrogens (tertiary/aromatic N) is 1. The fourth-order valence-electron chi connectivity index (χ4n) is 2.30. The number of benzene rings is 1. The molecule has 2 rings (SSSR count). The molecule has 0 aliphatic heterocycles. The standard InChI is InChI=1S/C14H21FN2/c1-3-16-13(11-8-9-11)10-17(2)14-7-5-4-6-12(14)15/h4-7,11,13,16H,3,8-10H2,1-2H3. The largest absolute Gasteiger partial charge is 0.371 e. The molecule has 1 aromatic carbocycles. The summed E-state index contributed by atoms with van der Waals surface area (Å²) in [5, 5.41) is 3.50. The van der Waals surface area contributed by atoms with E-state index in [0.717, 1.165) is 19.0 Å². The van der Waals surface area contributed by atoms with E-state index in [4.69, 9.17) is 0 Å². The molecule has 2 nitrogen and oxygen atoms in total. The predicted molar refractivity (Wildman–Crippen MR) is 69.9 cm³/mol. The van der Waals surface area contributed by atoms with Crippen LogP contribution in [0.4, 0.5) is 10.1 Å². The summed E-state index contributed by atoms with van der Waals surface area (Å²) in [6.07, 6.45) is 2.62. The molecule has 0 heterocycles. The van der Waals surface area contributed by atoms with Crippen LogP contribution in [-0.2, 0) is 0 Å². The van der Waals surface area contributed by atoms with E-state index in [9.17, 15) is 4.39 Å². The predicted octanol–water partition coefficient (Wildman–Crippen LogP) is 2.65. The second-order valence-electron chi connectivity index (χ2n) is 4.83. The molecule has 1 unspecified atom stereocenters. The lowest BCUT2D eigenvalue weighted by molar-refractivity contribution is 0.473. The zero-order valence-electron chi connectivity index (χ0n) is 10.6. The number of likely N-dealkylation sites (N-methyl/N-ethyl adjacent to an activating group) is 2. The number of para-hydroxylation sites is 1. The summed E-state index contributed by atoms with van der Waals surface area (Å²) < 4.78 is 13.6. The highest BCUT2D eigenvalue weighted by molar-refractivity contribution is 5.46. The van der Waals surface area contributed by atoms with Crippen molar-refractivity contribution in [3.8, 4) is 0 Å². The van der Waals surface area contributed by atoms with Gasteiger partial charge < -0.3 is 10.2 Å². The fraction of sp³-hybridized carbons (Fsp3) is 0.571. The Morgan fingerprint density at radius 1 is 1.41 bits per heavy atom. The van der Waals surface area contributed by atoms with Crippen LogP contribution in [0.2, 0.25) is 0 Å². The molecule has 1 aliphatic rings. The maximum atomic E-state index is 13.6. The van der Waals surface area contributed by atoms with Crippen LogP contribution in [-0.4, -0.2) is 26.2 Å². The van der Waals surface area contributed by atoms with Gasteiger partial charge in [-0.15, -0.1) is 0 Å². The summed E-state index contributed by atoms with van der Waals surface area (Å²) >= 11 is 0. The molecule has 1 atom stereocenters. The van der Waals surface area contributed by atoms with Crippen molar-refractivity contribution in [2.45, 2.75) is 25.8 Å². The summed E-state index contributed by atoms with van der Waals surface area (Å²) in [5.74, 6) is 0.644. The first-order valence-corrected chi connectivity index (χ1v) is 6.41. The van der Waals surface area contributed by atoms with Gasteiger partial charge in [0.1, 0.15) is 5.82 Å². The van der Waals surface area contributed by atoms with Crippen molar-refractivity contribution in [2.24, 2.45) is 5.92 Å². The quantitative estimate of drug-likeness (QED) is 0.817. The van der Waals surface area contributed by atoms with E-state index in [0.29, 0.717) is 11.7 Å². The second-order valence-corrected chi connectivity index (χ2v) is 4.83. The molecule has 3 heteroatoms. The molecule has 0 spiro atoms. The summed E-state index contributed by atoms with van der Waals surface area (Å²) in [6, 6.07) is 7.46. The van der Waals surface area contributed by atoms with Gasteiger partial charge >= 0.3 is 0 Å². The zero-order chi connectivity index (χ0) is 12.3. The number of hydrogen-bond donors (Lipinski definition) is 1. The lowest BCUT2D eigenvalue weighted by Crippen LogP contribution is -2.41. The highest BCUT2D eigenvalue weighted by atomic mass is 19.1. The minimum Gasteiger partial charge on any atom is -0.371 e. The van der Waals surface area contributed by atoms with Gasteiger partial charge in [0.25, 0.3) is 0 Å². The molecule has 0 amide bonds. The van der Waals surface area contributed by atoms with E-state index in [2.05, 4.69) is 12.2 Å². The molecular formula is C14H21FN2. The molecule has 94 valence electrons. The summed E-state index contributed by atoms with van der Waals surface area (Å²) in [7, 11) is 1.96. The Bertz CT molecular complexity index is 363. The van der Waals surface area contributed by atoms with Crippen molar-refractivity contribution in [3.05, 3.63) is 30.1 Å². The number of nitrogens with one attached hydrogen (secondary N) is 1. The third-order valence-corrected chi connectivity index (χ3v) is 3.39. The van der Waals surface area contributed by atoms with Gasteiger partial charge in [0, 0.05) is 19.6 Å². The number of anilines is 1. The molecule has 0 saturated heterocycles. The van der Waals surface area contributed by atoms with Crippen LogP contribution < -0.4 is 10.2 Å². The van der Waals surface area contributed by atoms with Crippen LogP contribution >= 0.6 is 0 Å². The SMILES string of the molecule is CCNC(CN(C)c1ccccc1F)C1CC1. The number of halogens is 1. The molecule has 1 N–H and O–H groups in total. The molecule has 1 aromatic rings. The normalized spacial score (nSPS) is 16.9. The Morgan fingerprint density at radius 2 is 2.12 bits per heavy atom. The minimum absolute atomic E-state index is 0.138. The summed E-state index contributed by atoms with van der Waals surface area (Å²) in [5.41, 5.74) is 0.691. The van der Waals surface area contributed by atoms with E-state index in [1.807, 2.05) is 24.1 Å². The van der Waals surface area contributed by atoms with Gasteiger partial charge in [0.05, 0.1) is 5.69 Å². The van der Waals surface area contributed by atoms with E-state index in [-0.39, 0.29) is 5.82 Å². The van der Waals surface area contributed by atoms with Crippen molar-refractivity contribution in [1.29, 1.82) is 0 Å². The van der Waals surface area contributed by atoms with E-state index >= 15 is 0 Å². The van der Waals surface area contributed by atoms with Crippen molar-refractivity contribution >= 4 is 5.69 Å². The van der Waals surface area contributed by atoms with Gasteiger partial charge in [-0.2, -0.15) is 0 Å². The lowest BCUT2D eigenvalue weighted by atomic mass is 10.1. The van der Waals surface area contributed by atoms with Crippen molar-refractivity contribution in [2.75, 3.05) is 25.0 Å². The first-order chi connectivity index (χ1) is 8.22. The van der Waals surface area contributed by atoms with E-state index in [1.54, 1.807) is 6.07 Å². The number of rotatable bonds is 6. The Balaban J connectivity index is 1.99. The van der Waals surface area contributed by atoms with Gasteiger partial charge in [-0.1, -0.05) is 19.1 Å². The molecule has 1 saturated carbocycles. The van der Waals surface area contributed by atoms with E-state index < -0.39 is 0 Å². The summed E-state index contributed by atoms with van der Waals surface area (Å²) in [4.78, 5) is 2.01. The van der Waals surface area contributed by atoms with Crippen LogP contribution in [0.1, 0.15) is 19.8 Å². The van der Waals surface area contributed by atoms with Crippen LogP contribution in [0.3, 0.4) is 0 Å². The van der Waals surface area contributed by atoms with Crippen molar-refractivity contribution in [3.63, 3.8) is 0 Å². The lowest BCUT2D eigenvalue weighted by Gasteiger charge is -2.26. The Kier molecular flexibility index (Phi) is 4.00. The molecule has 0 radical (unpaired) electrons. The third-order valence-electron chi connectivity index (χ3n) is 3.39. The molecule has 0 bridgehead atoms. The van der Waals surface area contributed by atoms with Gasteiger partial charge in [0.15, 0.2) is 0 Å². The van der Waals surface area contributed by atoms with Crippen LogP contribution in [0.25, 0.3) is 0 Å². The third kappa shape index (κ3) is 3.19. The van der Waals surface area contributed by atoms with Gasteiger partial charge in [-0.25, -0.2) is 4.39 Å². The smallest absolute Gasteiger partial charge is 0.146 e. The van der Waals surface area contributed by atoms with Gasteiger partial charge in [-0.05, 0) is 37.4 Å². The van der Waals surface area contributed by atoms with Crippen molar-refractivity contribution < 1.29 is 4.39 Å². The van der Waals surface area contributed by atoms with Crippen LogP contribution in [0.15, 0.2) is 24.3 Å². The Morgan fingerprint density at radius 3 is 2.71 bits per heavy atom. The highest BCUT2D eigenvalue weighted by Gasteiger charge is 2.31. The highest BCUT2D eigenvalue weighted by Crippen LogP contribution is 2.33. The van der Waals surface area contributed by atoms with E-state index in [1.165, 1.54) is 18.9 Å². The Hall–Kier alpha value is -1.09. The fourth-order valence-corrected chi connectivity index (χ4v) is 2.30. The maximum absolute atomic E-state index is 13.6. The monoisotopic (exact) mass is 236 g/mol. The molecule has 1 fully saturated rings. The van der Waals surface area contributed by atoms with Crippen LogP contribution in [0.5, 0.6) is 0 Å². The van der Waals surface area contributed by atoms with Gasteiger partial charge in [-0.3, -0.25) is 0 Å². The maximum Gasteiger partial charge on any atom is 0.146 e. The first kappa shape index (κ1) is 12.4. The average molecular weight is 236 g/mol. The molecule has 17 heavy (non-hydrogen) atoms. The summed E-state index contributed by atoms with van der Waals surface area (Å²) in [6.45, 7) is 3.98. The molecular weight excluding hydrogens is 215 g/mol. The topological polar surface area (TPSA) is 15.3 Å². The Labute approximate surface area is 103 Å². The molecule has 1 aliphatic carbocycles. The van der Waals surface area contributed by atoms with Crippen LogP contribution in [0, 0.1) is 11.7 Å². The molecule has 0 aromatic heterocycles.